The largest absolute Gasteiger partial charge is 0.299 e. The Morgan fingerprint density at radius 2 is 1.81 bits per heavy atom. The van der Waals surface area contributed by atoms with Crippen LogP contribution < -0.4 is 0 Å². The predicted octanol–water partition coefficient (Wildman–Crippen LogP) is 3.12. The molecule has 0 spiro atoms. The van der Waals surface area contributed by atoms with Crippen molar-refractivity contribution in [2.45, 2.75) is 47.0 Å². The molecule has 0 saturated heterocycles. The molecule has 0 aromatic heterocycles. The van der Waals surface area contributed by atoms with E-state index in [1.807, 2.05) is 27.7 Å². The number of allylic oxidation sites excluding steroid dienone is 1. The molecule has 16 heavy (non-hydrogen) atoms. The fourth-order valence-electron chi connectivity index (χ4n) is 2.14. The van der Waals surface area contributed by atoms with Crippen molar-refractivity contribution in [2.75, 3.05) is 0 Å². The number of ketones is 2. The van der Waals surface area contributed by atoms with Gasteiger partial charge in [0.1, 0.15) is 11.6 Å². The van der Waals surface area contributed by atoms with Gasteiger partial charge in [0.15, 0.2) is 0 Å². The first-order valence-electron chi connectivity index (χ1n) is 5.77. The zero-order valence-corrected chi connectivity index (χ0v) is 10.7. The topological polar surface area (TPSA) is 34.1 Å². The van der Waals surface area contributed by atoms with Crippen molar-refractivity contribution >= 4 is 11.6 Å². The summed E-state index contributed by atoms with van der Waals surface area (Å²) >= 11 is 0. The molecule has 1 aliphatic rings. The molecule has 0 heterocycles. The number of hydrogen-bond acceptors (Lipinski definition) is 2. The van der Waals surface area contributed by atoms with Crippen molar-refractivity contribution < 1.29 is 9.59 Å². The van der Waals surface area contributed by atoms with E-state index < -0.39 is 5.92 Å². The lowest BCUT2D eigenvalue weighted by molar-refractivity contribution is -0.139. The molecule has 1 fully saturated rings. The number of Topliss-reactive ketones (excluding diaryl/α,β-unsaturated/α-hetero) is 2. The number of carbonyl (C=O) groups excluding carboxylic acids is 2. The fraction of sp³-hybridized carbons (Fsp3) is 0.643. The quantitative estimate of drug-likeness (QED) is 0.542. The molecule has 0 N–H and O–H groups in total. The third-order valence-corrected chi connectivity index (χ3v) is 3.32. The van der Waals surface area contributed by atoms with Crippen LogP contribution >= 0.6 is 0 Å². The summed E-state index contributed by atoms with van der Waals surface area (Å²) in [5.41, 5.74) is 0.812. The lowest BCUT2D eigenvalue weighted by atomic mass is 9.69. The van der Waals surface area contributed by atoms with Gasteiger partial charge in [-0.15, -0.1) is 0 Å². The zero-order chi connectivity index (χ0) is 12.5. The second kappa shape index (κ2) is 4.44. The van der Waals surface area contributed by atoms with E-state index in [4.69, 9.17) is 0 Å². The zero-order valence-electron chi connectivity index (χ0n) is 10.7. The van der Waals surface area contributed by atoms with Crippen LogP contribution in [0.15, 0.2) is 12.2 Å². The monoisotopic (exact) mass is 221 g/mol. The third kappa shape index (κ3) is 2.97. The maximum Gasteiger partial charge on any atom is 0.146 e. The molecule has 2 nitrogen and oxygen atoms in total. The Bertz CT molecular complexity index is 306. The van der Waals surface area contributed by atoms with Crippen molar-refractivity contribution in [1.82, 2.24) is 0 Å². The van der Waals surface area contributed by atoms with Crippen LogP contribution in [0.1, 0.15) is 47.0 Å². The SMILES string of the molecule is C=C(C)[C+](C)CC1C(=O)CC(C)(C)CC1=O. The van der Waals surface area contributed by atoms with E-state index in [1.54, 1.807) is 0 Å². The van der Waals surface area contributed by atoms with Crippen LogP contribution in [-0.4, -0.2) is 11.6 Å². The van der Waals surface area contributed by atoms with Crippen LogP contribution in [0.25, 0.3) is 0 Å². The summed E-state index contributed by atoms with van der Waals surface area (Å²) in [4.78, 5) is 23.8. The first kappa shape index (κ1) is 13.0. The first-order valence-corrected chi connectivity index (χ1v) is 5.77. The molecule has 2 heteroatoms. The molecule has 1 aliphatic carbocycles. The van der Waals surface area contributed by atoms with Gasteiger partial charge >= 0.3 is 0 Å². The summed E-state index contributed by atoms with van der Waals surface area (Å²) in [6.07, 6.45) is 1.60. The minimum absolute atomic E-state index is 0.0989. The van der Waals surface area contributed by atoms with E-state index >= 15 is 0 Å². The van der Waals surface area contributed by atoms with Gasteiger partial charge in [-0.1, -0.05) is 13.8 Å². The van der Waals surface area contributed by atoms with Gasteiger partial charge in [0.25, 0.3) is 0 Å². The Morgan fingerprint density at radius 1 is 1.38 bits per heavy atom. The first-order chi connectivity index (χ1) is 7.23. The summed E-state index contributed by atoms with van der Waals surface area (Å²) in [6, 6.07) is 0. The van der Waals surface area contributed by atoms with E-state index in [1.165, 1.54) is 0 Å². The molecule has 1 saturated carbocycles. The molecule has 0 bridgehead atoms. The summed E-state index contributed by atoms with van der Waals surface area (Å²) in [5.74, 6) is 0.847. The highest BCUT2D eigenvalue weighted by Crippen LogP contribution is 2.37. The molecule has 0 aromatic rings. The Morgan fingerprint density at radius 3 is 2.19 bits per heavy atom. The van der Waals surface area contributed by atoms with Crippen molar-refractivity contribution in [3.05, 3.63) is 18.1 Å². The second-order valence-electron chi connectivity index (χ2n) is 5.77. The Labute approximate surface area is 98.1 Å². The Hall–Kier alpha value is -1.05. The molecule has 1 rings (SSSR count). The van der Waals surface area contributed by atoms with E-state index in [2.05, 4.69) is 6.58 Å². The van der Waals surface area contributed by atoms with E-state index in [-0.39, 0.29) is 17.0 Å². The number of carbonyl (C=O) groups is 2. The van der Waals surface area contributed by atoms with Gasteiger partial charge < -0.3 is 0 Å². The highest BCUT2D eigenvalue weighted by molar-refractivity contribution is 6.05. The van der Waals surface area contributed by atoms with E-state index in [9.17, 15) is 9.59 Å². The van der Waals surface area contributed by atoms with E-state index in [0.717, 1.165) is 11.5 Å². The molecule has 0 atom stereocenters. The van der Waals surface area contributed by atoms with Gasteiger partial charge in [-0.05, 0) is 12.3 Å². The fourth-order valence-corrected chi connectivity index (χ4v) is 2.14. The lowest BCUT2D eigenvalue weighted by Crippen LogP contribution is -2.38. The molecule has 0 unspecified atom stereocenters. The summed E-state index contributed by atoms with van der Waals surface area (Å²) in [7, 11) is 0. The number of hydrogen-bond donors (Lipinski definition) is 0. The van der Waals surface area contributed by atoms with Crippen LogP contribution in [0.3, 0.4) is 0 Å². The molecule has 0 radical (unpaired) electrons. The lowest BCUT2D eigenvalue weighted by Gasteiger charge is -2.31. The maximum atomic E-state index is 11.9. The van der Waals surface area contributed by atoms with E-state index in [0.29, 0.717) is 19.3 Å². The van der Waals surface area contributed by atoms with Crippen LogP contribution in [0.4, 0.5) is 0 Å². The molecular weight excluding hydrogens is 200 g/mol. The van der Waals surface area contributed by atoms with Gasteiger partial charge in [0.05, 0.1) is 23.8 Å². The standard InChI is InChI=1S/C14H21O2/c1-9(2)10(3)6-11-12(15)7-14(4,5)8-13(11)16/h11H,1,6-8H2,2-5H3/q+1. The third-order valence-electron chi connectivity index (χ3n) is 3.32. The summed E-state index contributed by atoms with van der Waals surface area (Å²) in [5, 5.41) is 0. The average molecular weight is 221 g/mol. The summed E-state index contributed by atoms with van der Waals surface area (Å²) < 4.78 is 0. The Balaban J connectivity index is 2.72. The minimum atomic E-state index is -0.412. The highest BCUT2D eigenvalue weighted by Gasteiger charge is 2.41. The summed E-state index contributed by atoms with van der Waals surface area (Å²) in [6.45, 7) is 11.7. The second-order valence-corrected chi connectivity index (χ2v) is 5.77. The molecule has 0 aliphatic heterocycles. The van der Waals surface area contributed by atoms with Crippen LogP contribution in [0.5, 0.6) is 0 Å². The van der Waals surface area contributed by atoms with Crippen molar-refractivity contribution in [1.29, 1.82) is 0 Å². The molecule has 0 amide bonds. The number of rotatable bonds is 3. The smallest absolute Gasteiger partial charge is 0.146 e. The molecule has 0 aromatic carbocycles. The van der Waals surface area contributed by atoms with Gasteiger partial charge in [-0.2, -0.15) is 0 Å². The van der Waals surface area contributed by atoms with Crippen molar-refractivity contribution in [3.8, 4) is 0 Å². The van der Waals surface area contributed by atoms with Crippen LogP contribution in [0, 0.1) is 17.3 Å². The molecule has 88 valence electrons. The van der Waals surface area contributed by atoms with Crippen molar-refractivity contribution in [3.63, 3.8) is 0 Å². The van der Waals surface area contributed by atoms with Gasteiger partial charge in [0, 0.05) is 26.3 Å². The van der Waals surface area contributed by atoms with Crippen LogP contribution in [-0.2, 0) is 9.59 Å². The Kier molecular flexibility index (Phi) is 3.61. The van der Waals surface area contributed by atoms with Crippen molar-refractivity contribution in [2.24, 2.45) is 11.3 Å². The van der Waals surface area contributed by atoms with Crippen LogP contribution in [0.2, 0.25) is 0 Å². The highest BCUT2D eigenvalue weighted by atomic mass is 16.2. The van der Waals surface area contributed by atoms with Gasteiger partial charge in [0.2, 0.25) is 0 Å². The van der Waals surface area contributed by atoms with Gasteiger partial charge in [-0.25, -0.2) is 0 Å². The maximum absolute atomic E-state index is 11.9. The minimum Gasteiger partial charge on any atom is -0.299 e. The predicted molar refractivity (Wildman–Crippen MR) is 64.9 cm³/mol. The average Bonchev–Trinajstić information content (AvgIpc) is 2.09. The molecular formula is C14H21O2+. The normalized spacial score (nSPS) is 21.0. The van der Waals surface area contributed by atoms with Gasteiger partial charge in [-0.3, -0.25) is 9.59 Å².